The van der Waals surface area contributed by atoms with Crippen LogP contribution in [0.25, 0.3) is 11.4 Å². The van der Waals surface area contributed by atoms with E-state index in [9.17, 15) is 18.0 Å². The number of alkyl halides is 3. The number of ether oxygens (including phenoxy) is 2. The van der Waals surface area contributed by atoms with E-state index < -0.39 is 17.3 Å². The van der Waals surface area contributed by atoms with Gasteiger partial charge in [-0.2, -0.15) is 13.2 Å². The van der Waals surface area contributed by atoms with Gasteiger partial charge in [0.05, 0.1) is 23.8 Å². The number of piperidine rings is 1. The van der Waals surface area contributed by atoms with Crippen molar-refractivity contribution in [2.45, 2.75) is 31.0 Å². The molecule has 1 aliphatic carbocycles. The number of hydrogen-bond donors (Lipinski definition) is 0. The predicted molar refractivity (Wildman–Crippen MR) is 120 cm³/mol. The van der Waals surface area contributed by atoms with E-state index in [0.29, 0.717) is 35.2 Å². The number of halogens is 3. The van der Waals surface area contributed by atoms with Crippen LogP contribution in [0.2, 0.25) is 0 Å². The van der Waals surface area contributed by atoms with E-state index in [2.05, 4.69) is 15.0 Å². The Bertz CT molecular complexity index is 1220. The zero-order chi connectivity index (χ0) is 24.6. The second kappa shape index (κ2) is 8.83. The van der Waals surface area contributed by atoms with Crippen LogP contribution in [0.5, 0.6) is 11.6 Å². The highest BCUT2D eigenvalue weighted by Gasteiger charge is 2.53. The second-order valence-electron chi connectivity index (χ2n) is 8.90. The Labute approximate surface area is 199 Å². The lowest BCUT2D eigenvalue weighted by Crippen LogP contribution is -2.52. The molecule has 1 amide bonds. The van der Waals surface area contributed by atoms with Gasteiger partial charge >= 0.3 is 6.18 Å². The first-order chi connectivity index (χ1) is 16.8. The van der Waals surface area contributed by atoms with Crippen LogP contribution in [0.15, 0.2) is 55.0 Å². The molecule has 7 nitrogen and oxygen atoms in total. The van der Waals surface area contributed by atoms with Gasteiger partial charge in [0, 0.05) is 36.8 Å². The Balaban J connectivity index is 1.41. The number of aromatic nitrogens is 3. The van der Waals surface area contributed by atoms with Crippen molar-refractivity contribution in [3.05, 3.63) is 66.1 Å². The third kappa shape index (κ3) is 4.40. The quantitative estimate of drug-likeness (QED) is 0.507. The van der Waals surface area contributed by atoms with E-state index in [1.165, 1.54) is 6.07 Å². The van der Waals surface area contributed by atoms with Crippen molar-refractivity contribution in [3.8, 4) is 23.0 Å². The predicted octanol–water partition coefficient (Wildman–Crippen LogP) is 4.64. The zero-order valence-electron chi connectivity index (χ0n) is 19.0. The fraction of sp³-hybridized carbons (Fsp3) is 0.360. The van der Waals surface area contributed by atoms with E-state index in [0.717, 1.165) is 31.5 Å². The van der Waals surface area contributed by atoms with E-state index in [1.54, 1.807) is 43.8 Å². The third-order valence-electron chi connectivity index (χ3n) is 6.76. The molecule has 0 radical (unpaired) electrons. The van der Waals surface area contributed by atoms with Crippen LogP contribution < -0.4 is 9.47 Å². The van der Waals surface area contributed by atoms with Gasteiger partial charge in [-0.3, -0.25) is 4.79 Å². The Hall–Kier alpha value is -3.69. The summed E-state index contributed by atoms with van der Waals surface area (Å²) in [6.07, 6.45) is 2.00. The fourth-order valence-electron chi connectivity index (χ4n) is 5.02. The maximum absolute atomic E-state index is 13.8. The molecule has 10 heteroatoms. The first-order valence-electron chi connectivity index (χ1n) is 11.2. The normalized spacial score (nSPS) is 21.3. The zero-order valence-corrected chi connectivity index (χ0v) is 19.0. The van der Waals surface area contributed by atoms with E-state index in [1.807, 2.05) is 4.90 Å². The third-order valence-corrected chi connectivity index (χ3v) is 6.76. The molecular weight excluding hydrogens is 461 g/mol. The van der Waals surface area contributed by atoms with E-state index in [4.69, 9.17) is 9.47 Å². The molecule has 3 heterocycles. The van der Waals surface area contributed by atoms with Crippen LogP contribution in [0, 0.1) is 5.92 Å². The van der Waals surface area contributed by atoms with Gasteiger partial charge in [-0.25, -0.2) is 15.0 Å². The number of carbonyl (C=O) groups excluding carboxylic acids is 1. The Kier molecular flexibility index (Phi) is 5.82. The van der Waals surface area contributed by atoms with E-state index in [-0.39, 0.29) is 18.4 Å². The number of rotatable bonds is 6. The molecule has 1 saturated heterocycles. The van der Waals surface area contributed by atoms with Crippen LogP contribution in [-0.2, 0) is 6.18 Å². The summed E-state index contributed by atoms with van der Waals surface area (Å²) in [5.41, 5.74) is -0.368. The molecule has 2 unspecified atom stereocenters. The lowest BCUT2D eigenvalue weighted by atomic mass is 9.95. The summed E-state index contributed by atoms with van der Waals surface area (Å²) < 4.78 is 49.7. The van der Waals surface area contributed by atoms with Crippen molar-refractivity contribution in [3.63, 3.8) is 0 Å². The number of amides is 1. The Morgan fingerprint density at radius 2 is 1.97 bits per heavy atom. The van der Waals surface area contributed by atoms with Gasteiger partial charge < -0.3 is 14.4 Å². The van der Waals surface area contributed by atoms with Crippen molar-refractivity contribution in [2.24, 2.45) is 5.92 Å². The largest absolute Gasteiger partial charge is 0.497 e. The van der Waals surface area contributed by atoms with Crippen LogP contribution in [0.4, 0.5) is 13.2 Å². The molecular formula is C25H23F3N4O3. The lowest BCUT2D eigenvalue weighted by Gasteiger charge is -2.38. The molecule has 2 atom stereocenters. The first kappa shape index (κ1) is 23.1. The minimum atomic E-state index is -4.46. The lowest BCUT2D eigenvalue weighted by molar-refractivity contribution is -0.137. The molecule has 2 aromatic heterocycles. The molecule has 1 aliphatic heterocycles. The summed E-state index contributed by atoms with van der Waals surface area (Å²) in [6.45, 7) is 0.741. The number of carbonyl (C=O) groups is 1. The molecule has 1 saturated carbocycles. The molecule has 182 valence electrons. The number of methoxy groups -OCH3 is 1. The van der Waals surface area contributed by atoms with Crippen LogP contribution in [-0.4, -0.2) is 51.6 Å². The van der Waals surface area contributed by atoms with Crippen molar-refractivity contribution in [2.75, 3.05) is 20.3 Å². The molecule has 5 rings (SSSR count). The molecule has 0 spiro atoms. The van der Waals surface area contributed by atoms with Crippen LogP contribution in [0.1, 0.15) is 35.2 Å². The SMILES string of the molecule is COc1ccc(C(=O)N2CC3CCC2(COc2ccc(C(F)(F)F)cn2)C3)c(-c2ncccn2)c1. The number of likely N-dealkylation sites (tertiary alicyclic amines) is 1. The first-order valence-corrected chi connectivity index (χ1v) is 11.2. The highest BCUT2D eigenvalue weighted by atomic mass is 19.4. The summed E-state index contributed by atoms with van der Waals surface area (Å²) in [7, 11) is 1.55. The Morgan fingerprint density at radius 1 is 1.17 bits per heavy atom. The summed E-state index contributed by atoms with van der Waals surface area (Å²) in [5, 5.41) is 0. The summed E-state index contributed by atoms with van der Waals surface area (Å²) in [6, 6.07) is 9.03. The number of benzene rings is 1. The molecule has 1 aromatic carbocycles. The minimum absolute atomic E-state index is 0.0953. The van der Waals surface area contributed by atoms with Crippen LogP contribution >= 0.6 is 0 Å². The van der Waals surface area contributed by atoms with Gasteiger partial charge in [0.15, 0.2) is 5.82 Å². The standard InChI is InChI=1S/C25H23F3N4O3/c1-34-18-4-5-19(20(11-18)22-29-9-2-10-30-22)23(33)32-14-16-7-8-24(32,12-16)15-35-21-6-3-17(13-31-21)25(26,27)28/h2-6,9-11,13,16H,7-8,12,14-15H2,1H3. The molecule has 0 N–H and O–H groups in total. The van der Waals surface area contributed by atoms with Gasteiger partial charge in [0.1, 0.15) is 12.4 Å². The average molecular weight is 484 g/mol. The van der Waals surface area contributed by atoms with Crippen LogP contribution in [0.3, 0.4) is 0 Å². The van der Waals surface area contributed by atoms with Crippen molar-refractivity contribution < 1.29 is 27.4 Å². The fourth-order valence-corrected chi connectivity index (χ4v) is 5.02. The van der Waals surface area contributed by atoms with Gasteiger partial charge in [-0.1, -0.05) is 0 Å². The maximum Gasteiger partial charge on any atom is 0.417 e. The maximum atomic E-state index is 13.8. The highest BCUT2D eigenvalue weighted by molar-refractivity contribution is 6.01. The van der Waals surface area contributed by atoms with Crippen molar-refractivity contribution in [1.29, 1.82) is 0 Å². The molecule has 3 aromatic rings. The van der Waals surface area contributed by atoms with E-state index >= 15 is 0 Å². The number of nitrogens with zero attached hydrogens (tertiary/aromatic N) is 4. The summed E-state index contributed by atoms with van der Waals surface area (Å²) in [4.78, 5) is 28.1. The van der Waals surface area contributed by atoms with Gasteiger partial charge in [0.2, 0.25) is 5.88 Å². The second-order valence-corrected chi connectivity index (χ2v) is 8.90. The summed E-state index contributed by atoms with van der Waals surface area (Å²) >= 11 is 0. The topological polar surface area (TPSA) is 77.4 Å². The monoisotopic (exact) mass is 484 g/mol. The average Bonchev–Trinajstić information content (AvgIpc) is 3.46. The number of pyridine rings is 1. The minimum Gasteiger partial charge on any atom is -0.497 e. The number of hydrogen-bond acceptors (Lipinski definition) is 6. The summed E-state index contributed by atoms with van der Waals surface area (Å²) in [5.74, 6) is 1.27. The van der Waals surface area contributed by atoms with Crippen molar-refractivity contribution in [1.82, 2.24) is 19.9 Å². The highest BCUT2D eigenvalue weighted by Crippen LogP contribution is 2.47. The van der Waals surface area contributed by atoms with Crippen molar-refractivity contribution >= 4 is 5.91 Å². The molecule has 35 heavy (non-hydrogen) atoms. The molecule has 2 aliphatic rings. The molecule has 2 bridgehead atoms. The molecule has 2 fully saturated rings. The van der Waals surface area contributed by atoms with Gasteiger partial charge in [-0.15, -0.1) is 0 Å². The number of fused-ring (bicyclic) bond motifs is 2. The van der Waals surface area contributed by atoms with Gasteiger partial charge in [-0.05, 0) is 55.5 Å². The Morgan fingerprint density at radius 3 is 2.63 bits per heavy atom. The van der Waals surface area contributed by atoms with Gasteiger partial charge in [0.25, 0.3) is 5.91 Å². The smallest absolute Gasteiger partial charge is 0.417 e.